The van der Waals surface area contributed by atoms with Gasteiger partial charge in [-0.05, 0) is 42.7 Å². The maximum atomic E-state index is 12.6. The van der Waals surface area contributed by atoms with Gasteiger partial charge in [0.1, 0.15) is 0 Å². The molecule has 1 heterocycles. The molecule has 0 atom stereocenters. The molecule has 4 nitrogen and oxygen atoms in total. The van der Waals surface area contributed by atoms with Crippen LogP contribution in [0.15, 0.2) is 48.8 Å². The molecule has 0 radical (unpaired) electrons. The summed E-state index contributed by atoms with van der Waals surface area (Å²) in [7, 11) is 0. The molecular weight excluding hydrogens is 250 g/mol. The molecule has 2 aromatic rings. The minimum atomic E-state index is 0.0757. The van der Waals surface area contributed by atoms with E-state index in [2.05, 4.69) is 4.98 Å². The van der Waals surface area contributed by atoms with E-state index in [4.69, 9.17) is 5.73 Å². The lowest BCUT2D eigenvalue weighted by atomic mass is 10.1. The van der Waals surface area contributed by atoms with E-state index in [1.54, 1.807) is 24.5 Å². The van der Waals surface area contributed by atoms with Crippen molar-refractivity contribution in [2.45, 2.75) is 25.4 Å². The van der Waals surface area contributed by atoms with Gasteiger partial charge in [0.05, 0.1) is 0 Å². The third-order valence-electron chi connectivity index (χ3n) is 3.51. The monoisotopic (exact) mass is 267 g/mol. The Balaban J connectivity index is 1.79. The van der Waals surface area contributed by atoms with Crippen molar-refractivity contribution >= 4 is 11.6 Å². The standard InChI is InChI=1S/C16H17N3O/c17-14-3-1-12(2-4-14)11-19(15-5-6-15)16(20)13-7-9-18-10-8-13/h1-4,7-10,15H,5-6,11,17H2. The van der Waals surface area contributed by atoms with Gasteiger partial charge in [-0.2, -0.15) is 0 Å². The van der Waals surface area contributed by atoms with Crippen LogP contribution in [0, 0.1) is 0 Å². The number of anilines is 1. The molecule has 0 spiro atoms. The van der Waals surface area contributed by atoms with Crippen LogP contribution in [0.3, 0.4) is 0 Å². The Labute approximate surface area is 118 Å². The minimum Gasteiger partial charge on any atom is -0.399 e. The van der Waals surface area contributed by atoms with Crippen LogP contribution in [0.25, 0.3) is 0 Å². The first-order valence-electron chi connectivity index (χ1n) is 6.79. The first kappa shape index (κ1) is 12.7. The molecule has 20 heavy (non-hydrogen) atoms. The molecule has 0 saturated heterocycles. The Morgan fingerprint density at radius 1 is 1.15 bits per heavy atom. The van der Waals surface area contributed by atoms with Crippen LogP contribution >= 0.6 is 0 Å². The summed E-state index contributed by atoms with van der Waals surface area (Å²) in [5.74, 6) is 0.0757. The molecule has 1 aliphatic carbocycles. The predicted molar refractivity (Wildman–Crippen MR) is 78.0 cm³/mol. The van der Waals surface area contributed by atoms with Crippen LogP contribution in [0.4, 0.5) is 5.69 Å². The number of pyridine rings is 1. The molecule has 4 heteroatoms. The Kier molecular flexibility index (Phi) is 3.37. The average Bonchev–Trinajstić information content (AvgIpc) is 3.31. The van der Waals surface area contributed by atoms with Gasteiger partial charge in [0, 0.05) is 36.2 Å². The molecule has 1 fully saturated rings. The number of nitrogens with two attached hydrogens (primary N) is 1. The van der Waals surface area contributed by atoms with E-state index in [9.17, 15) is 4.79 Å². The fourth-order valence-corrected chi connectivity index (χ4v) is 2.23. The number of nitrogen functional groups attached to an aromatic ring is 1. The van der Waals surface area contributed by atoms with Crippen molar-refractivity contribution < 1.29 is 4.79 Å². The summed E-state index contributed by atoms with van der Waals surface area (Å²) < 4.78 is 0. The van der Waals surface area contributed by atoms with Gasteiger partial charge >= 0.3 is 0 Å². The normalized spacial score (nSPS) is 14.0. The zero-order valence-electron chi connectivity index (χ0n) is 11.2. The molecule has 1 saturated carbocycles. The van der Waals surface area contributed by atoms with Gasteiger partial charge in [-0.15, -0.1) is 0 Å². The van der Waals surface area contributed by atoms with Crippen molar-refractivity contribution in [1.82, 2.24) is 9.88 Å². The molecule has 0 aliphatic heterocycles. The van der Waals surface area contributed by atoms with Crippen LogP contribution in [0.5, 0.6) is 0 Å². The molecular formula is C16H17N3O. The summed E-state index contributed by atoms with van der Waals surface area (Å²) in [6, 6.07) is 11.6. The van der Waals surface area contributed by atoms with Crippen LogP contribution in [0.2, 0.25) is 0 Å². The molecule has 1 amide bonds. The van der Waals surface area contributed by atoms with Crippen molar-refractivity contribution in [3.63, 3.8) is 0 Å². The van der Waals surface area contributed by atoms with Gasteiger partial charge in [-0.25, -0.2) is 0 Å². The Morgan fingerprint density at radius 2 is 1.80 bits per heavy atom. The predicted octanol–water partition coefficient (Wildman–Crippen LogP) is 2.47. The van der Waals surface area contributed by atoms with E-state index in [-0.39, 0.29) is 5.91 Å². The Hall–Kier alpha value is -2.36. The lowest BCUT2D eigenvalue weighted by Crippen LogP contribution is -2.32. The highest BCUT2D eigenvalue weighted by Gasteiger charge is 2.32. The molecule has 0 unspecified atom stereocenters. The van der Waals surface area contributed by atoms with Crippen molar-refractivity contribution in [2.24, 2.45) is 0 Å². The van der Waals surface area contributed by atoms with E-state index in [0.29, 0.717) is 18.2 Å². The summed E-state index contributed by atoms with van der Waals surface area (Å²) in [5.41, 5.74) is 8.24. The highest BCUT2D eigenvalue weighted by atomic mass is 16.2. The molecule has 2 N–H and O–H groups in total. The quantitative estimate of drug-likeness (QED) is 0.866. The number of benzene rings is 1. The van der Waals surface area contributed by atoms with Gasteiger partial charge in [0.2, 0.25) is 0 Å². The number of rotatable bonds is 4. The highest BCUT2D eigenvalue weighted by molar-refractivity contribution is 5.94. The summed E-state index contributed by atoms with van der Waals surface area (Å²) in [6.07, 6.45) is 5.49. The van der Waals surface area contributed by atoms with E-state index in [0.717, 1.165) is 24.1 Å². The fourth-order valence-electron chi connectivity index (χ4n) is 2.23. The van der Waals surface area contributed by atoms with E-state index in [1.807, 2.05) is 29.2 Å². The second kappa shape index (κ2) is 5.33. The molecule has 1 aliphatic rings. The number of nitrogens with zero attached hydrogens (tertiary/aromatic N) is 2. The molecule has 0 bridgehead atoms. The minimum absolute atomic E-state index is 0.0757. The molecule has 3 rings (SSSR count). The van der Waals surface area contributed by atoms with Crippen molar-refractivity contribution in [2.75, 3.05) is 5.73 Å². The maximum absolute atomic E-state index is 12.6. The van der Waals surface area contributed by atoms with Crippen LogP contribution in [0.1, 0.15) is 28.8 Å². The van der Waals surface area contributed by atoms with Gasteiger partial charge in [-0.1, -0.05) is 12.1 Å². The summed E-state index contributed by atoms with van der Waals surface area (Å²) in [5, 5.41) is 0. The van der Waals surface area contributed by atoms with Crippen LogP contribution in [-0.2, 0) is 6.54 Å². The topological polar surface area (TPSA) is 59.2 Å². The number of hydrogen-bond acceptors (Lipinski definition) is 3. The van der Waals surface area contributed by atoms with Gasteiger partial charge in [0.25, 0.3) is 5.91 Å². The second-order valence-electron chi connectivity index (χ2n) is 5.14. The third kappa shape index (κ3) is 2.79. The smallest absolute Gasteiger partial charge is 0.254 e. The number of carbonyl (C=O) groups is 1. The van der Waals surface area contributed by atoms with Crippen LogP contribution < -0.4 is 5.73 Å². The number of carbonyl (C=O) groups excluding carboxylic acids is 1. The lowest BCUT2D eigenvalue weighted by Gasteiger charge is -2.22. The number of aromatic nitrogens is 1. The third-order valence-corrected chi connectivity index (χ3v) is 3.51. The lowest BCUT2D eigenvalue weighted by molar-refractivity contribution is 0.0730. The number of hydrogen-bond donors (Lipinski definition) is 1. The molecule has 1 aromatic heterocycles. The zero-order chi connectivity index (χ0) is 13.9. The summed E-state index contributed by atoms with van der Waals surface area (Å²) >= 11 is 0. The average molecular weight is 267 g/mol. The van der Waals surface area contributed by atoms with E-state index < -0.39 is 0 Å². The van der Waals surface area contributed by atoms with Crippen molar-refractivity contribution in [1.29, 1.82) is 0 Å². The first-order chi connectivity index (χ1) is 9.74. The maximum Gasteiger partial charge on any atom is 0.254 e. The van der Waals surface area contributed by atoms with Gasteiger partial charge in [0.15, 0.2) is 0 Å². The SMILES string of the molecule is Nc1ccc(CN(C(=O)c2ccncc2)C2CC2)cc1. The van der Waals surface area contributed by atoms with Crippen molar-refractivity contribution in [3.05, 3.63) is 59.9 Å². The molecule has 102 valence electrons. The van der Waals surface area contributed by atoms with Gasteiger partial charge in [-0.3, -0.25) is 9.78 Å². The number of amides is 1. The van der Waals surface area contributed by atoms with Crippen molar-refractivity contribution in [3.8, 4) is 0 Å². The molecule has 1 aromatic carbocycles. The van der Waals surface area contributed by atoms with E-state index >= 15 is 0 Å². The van der Waals surface area contributed by atoms with Crippen LogP contribution in [-0.4, -0.2) is 21.8 Å². The second-order valence-corrected chi connectivity index (χ2v) is 5.14. The first-order valence-corrected chi connectivity index (χ1v) is 6.79. The summed E-state index contributed by atoms with van der Waals surface area (Å²) in [4.78, 5) is 18.5. The largest absolute Gasteiger partial charge is 0.399 e. The van der Waals surface area contributed by atoms with E-state index in [1.165, 1.54) is 0 Å². The van der Waals surface area contributed by atoms with Gasteiger partial charge < -0.3 is 10.6 Å². The Morgan fingerprint density at radius 3 is 2.40 bits per heavy atom. The zero-order valence-corrected chi connectivity index (χ0v) is 11.2. The summed E-state index contributed by atoms with van der Waals surface area (Å²) in [6.45, 7) is 0.631. The highest BCUT2D eigenvalue weighted by Crippen LogP contribution is 2.29. The fraction of sp³-hybridized carbons (Fsp3) is 0.250. The Bertz CT molecular complexity index is 591.